The Hall–Kier alpha value is -1.49. The summed E-state index contributed by atoms with van der Waals surface area (Å²) in [6.07, 6.45) is 3.91. The highest BCUT2D eigenvalue weighted by atomic mass is 16.6. The molecule has 2 atom stereocenters. The molecule has 2 N–H and O–H groups in total. The lowest BCUT2D eigenvalue weighted by atomic mass is 10.1. The van der Waals surface area contributed by atoms with E-state index in [4.69, 9.17) is 4.74 Å². The minimum absolute atomic E-state index is 0.332. The summed E-state index contributed by atoms with van der Waals surface area (Å²) in [5.74, 6) is 0. The van der Waals surface area contributed by atoms with Crippen molar-refractivity contribution >= 4 is 6.09 Å². The fourth-order valence-electron chi connectivity index (χ4n) is 2.89. The van der Waals surface area contributed by atoms with Gasteiger partial charge in [0, 0.05) is 30.5 Å². The summed E-state index contributed by atoms with van der Waals surface area (Å²) in [7, 11) is 0. The minimum atomic E-state index is -0.447. The molecule has 1 aromatic rings. The van der Waals surface area contributed by atoms with Crippen molar-refractivity contribution in [3.05, 3.63) is 24.0 Å². The number of hydrogen-bond donors (Lipinski definition) is 2. The number of hydrogen-bond acceptors (Lipinski definition) is 3. The van der Waals surface area contributed by atoms with E-state index >= 15 is 0 Å². The molecule has 0 radical (unpaired) electrons. The van der Waals surface area contributed by atoms with E-state index in [1.165, 1.54) is 12.1 Å². The zero-order chi connectivity index (χ0) is 15.5. The van der Waals surface area contributed by atoms with Gasteiger partial charge in [-0.15, -0.1) is 0 Å². The van der Waals surface area contributed by atoms with Crippen molar-refractivity contribution in [3.63, 3.8) is 0 Å². The first kappa shape index (κ1) is 15.9. The van der Waals surface area contributed by atoms with Gasteiger partial charge < -0.3 is 15.0 Å². The van der Waals surface area contributed by atoms with Crippen LogP contribution < -0.4 is 5.32 Å². The summed E-state index contributed by atoms with van der Waals surface area (Å²) in [6, 6.07) is 4.85. The maximum atomic E-state index is 11.8. The number of likely N-dealkylation sites (tertiary alicyclic amines) is 1. The van der Waals surface area contributed by atoms with E-state index in [9.17, 15) is 4.79 Å². The lowest BCUT2D eigenvalue weighted by Gasteiger charge is -2.30. The molecule has 1 aliphatic rings. The first-order chi connectivity index (χ1) is 9.87. The molecule has 0 saturated carbocycles. The molecular formula is C16H27N3O2. The van der Waals surface area contributed by atoms with Crippen molar-refractivity contribution in [3.8, 4) is 0 Å². The van der Waals surface area contributed by atoms with Gasteiger partial charge in [-0.3, -0.25) is 4.90 Å². The summed E-state index contributed by atoms with van der Waals surface area (Å²) >= 11 is 0. The monoisotopic (exact) mass is 293 g/mol. The topological polar surface area (TPSA) is 57.4 Å². The summed E-state index contributed by atoms with van der Waals surface area (Å²) in [5, 5.41) is 2.90. The molecule has 1 aliphatic heterocycles. The summed E-state index contributed by atoms with van der Waals surface area (Å²) in [4.78, 5) is 17.5. The van der Waals surface area contributed by atoms with Crippen LogP contribution >= 0.6 is 0 Å². The Morgan fingerprint density at radius 3 is 2.95 bits per heavy atom. The molecule has 0 aromatic carbocycles. The molecule has 1 fully saturated rings. The van der Waals surface area contributed by atoms with Gasteiger partial charge in [0.15, 0.2) is 0 Å². The number of alkyl carbamates (subject to hydrolysis) is 1. The third-order valence-corrected chi connectivity index (χ3v) is 3.87. The molecule has 0 bridgehead atoms. The van der Waals surface area contributed by atoms with Crippen molar-refractivity contribution in [2.75, 3.05) is 13.1 Å². The fraction of sp³-hybridized carbons (Fsp3) is 0.688. The van der Waals surface area contributed by atoms with Gasteiger partial charge in [-0.05, 0) is 59.2 Å². The molecule has 5 heteroatoms. The molecule has 2 heterocycles. The summed E-state index contributed by atoms with van der Waals surface area (Å²) in [5.41, 5.74) is 0.774. The van der Waals surface area contributed by atoms with E-state index in [1.807, 2.05) is 33.0 Å². The van der Waals surface area contributed by atoms with Gasteiger partial charge in [0.25, 0.3) is 0 Å². The first-order valence-corrected chi connectivity index (χ1v) is 7.73. The molecule has 1 saturated heterocycles. The Morgan fingerprint density at radius 1 is 1.57 bits per heavy atom. The molecule has 118 valence electrons. The lowest BCUT2D eigenvalue weighted by molar-refractivity contribution is 0.0507. The molecule has 0 aliphatic carbocycles. The van der Waals surface area contributed by atoms with Crippen molar-refractivity contribution in [2.24, 2.45) is 0 Å². The zero-order valence-electron chi connectivity index (χ0n) is 13.5. The highest BCUT2D eigenvalue weighted by molar-refractivity contribution is 5.67. The number of carbonyl (C=O) groups is 1. The Balaban J connectivity index is 1.86. The molecule has 5 nitrogen and oxygen atoms in total. The van der Waals surface area contributed by atoms with Gasteiger partial charge in [0.2, 0.25) is 0 Å². The van der Waals surface area contributed by atoms with E-state index in [2.05, 4.69) is 28.2 Å². The smallest absolute Gasteiger partial charge is 0.407 e. The zero-order valence-corrected chi connectivity index (χ0v) is 13.5. The molecule has 1 aromatic heterocycles. The van der Waals surface area contributed by atoms with Gasteiger partial charge in [0.1, 0.15) is 5.60 Å². The van der Waals surface area contributed by atoms with Crippen molar-refractivity contribution < 1.29 is 9.53 Å². The van der Waals surface area contributed by atoms with Crippen LogP contribution in [-0.2, 0) is 4.74 Å². The quantitative estimate of drug-likeness (QED) is 0.897. The van der Waals surface area contributed by atoms with Crippen LogP contribution in [0.1, 0.15) is 52.3 Å². The number of H-pyrrole nitrogens is 1. The molecule has 0 spiro atoms. The van der Waals surface area contributed by atoms with Crippen LogP contribution in [0.4, 0.5) is 4.79 Å². The Morgan fingerprint density at radius 2 is 2.33 bits per heavy atom. The second kappa shape index (κ2) is 6.52. The Bertz CT molecular complexity index is 451. The van der Waals surface area contributed by atoms with Gasteiger partial charge in [-0.2, -0.15) is 0 Å². The number of aromatic amines is 1. The van der Waals surface area contributed by atoms with Gasteiger partial charge in [-0.1, -0.05) is 0 Å². The summed E-state index contributed by atoms with van der Waals surface area (Å²) < 4.78 is 5.29. The second-order valence-electron chi connectivity index (χ2n) is 6.72. The number of nitrogens with zero attached hydrogens (tertiary/aromatic N) is 1. The summed E-state index contributed by atoms with van der Waals surface area (Å²) in [6.45, 7) is 9.55. The fourth-order valence-corrected chi connectivity index (χ4v) is 2.89. The highest BCUT2D eigenvalue weighted by Gasteiger charge is 2.30. The Kier molecular flexibility index (Phi) is 4.93. The predicted octanol–water partition coefficient (Wildman–Crippen LogP) is 3.06. The molecule has 2 rings (SSSR count). The van der Waals surface area contributed by atoms with Crippen molar-refractivity contribution in [1.82, 2.24) is 15.2 Å². The number of ether oxygens (including phenoxy) is 1. The molecular weight excluding hydrogens is 266 g/mol. The average Bonchev–Trinajstić information content (AvgIpc) is 3.05. The predicted molar refractivity (Wildman–Crippen MR) is 83.2 cm³/mol. The number of nitrogens with one attached hydrogen (secondary N) is 2. The van der Waals surface area contributed by atoms with Crippen LogP contribution in [0.25, 0.3) is 0 Å². The van der Waals surface area contributed by atoms with Crippen molar-refractivity contribution in [1.29, 1.82) is 0 Å². The largest absolute Gasteiger partial charge is 0.444 e. The third kappa shape index (κ3) is 4.49. The van der Waals surface area contributed by atoms with Crippen LogP contribution in [-0.4, -0.2) is 40.7 Å². The lowest BCUT2D eigenvalue weighted by Crippen LogP contribution is -2.42. The number of amides is 1. The van der Waals surface area contributed by atoms with E-state index in [-0.39, 0.29) is 6.09 Å². The average molecular weight is 293 g/mol. The van der Waals surface area contributed by atoms with Gasteiger partial charge >= 0.3 is 6.09 Å². The first-order valence-electron chi connectivity index (χ1n) is 7.73. The van der Waals surface area contributed by atoms with E-state index in [0.717, 1.165) is 13.0 Å². The van der Waals surface area contributed by atoms with Gasteiger partial charge in [-0.25, -0.2) is 4.79 Å². The van der Waals surface area contributed by atoms with Crippen LogP contribution in [0, 0.1) is 0 Å². The normalized spacial score (nSPS) is 21.2. The third-order valence-electron chi connectivity index (χ3n) is 3.87. The van der Waals surface area contributed by atoms with Crippen LogP contribution in [0.5, 0.6) is 0 Å². The Labute approximate surface area is 127 Å². The van der Waals surface area contributed by atoms with E-state index < -0.39 is 5.60 Å². The maximum Gasteiger partial charge on any atom is 0.407 e. The van der Waals surface area contributed by atoms with E-state index in [1.54, 1.807) is 0 Å². The maximum absolute atomic E-state index is 11.8. The van der Waals surface area contributed by atoms with Crippen LogP contribution in [0.2, 0.25) is 0 Å². The number of carbonyl (C=O) groups excluding carboxylic acids is 1. The number of rotatable bonds is 4. The molecule has 0 unspecified atom stereocenters. The van der Waals surface area contributed by atoms with Gasteiger partial charge in [0.05, 0.1) is 0 Å². The molecule has 21 heavy (non-hydrogen) atoms. The highest BCUT2D eigenvalue weighted by Crippen LogP contribution is 2.27. The molecule has 1 amide bonds. The standard InChI is InChI=1S/C16H27N3O2/c1-12(14-8-5-9-17-14)19-10-6-7-13(19)11-18-15(20)21-16(2,3)4/h5,8-9,12-13,17H,6-7,10-11H2,1-4H3,(H,18,20)/t12-,13-/m0/s1. The van der Waals surface area contributed by atoms with Crippen LogP contribution in [0.3, 0.4) is 0 Å². The van der Waals surface area contributed by atoms with Crippen molar-refractivity contribution in [2.45, 2.75) is 58.2 Å². The SMILES string of the molecule is C[C@@H](c1ccc[nH]1)N1CCC[C@H]1CNC(=O)OC(C)(C)C. The minimum Gasteiger partial charge on any atom is -0.444 e. The number of aromatic nitrogens is 1. The van der Waals surface area contributed by atoms with E-state index in [0.29, 0.717) is 18.6 Å². The second-order valence-corrected chi connectivity index (χ2v) is 6.72. The van der Waals surface area contributed by atoms with Crippen LogP contribution in [0.15, 0.2) is 18.3 Å².